The third kappa shape index (κ3) is 4.18. The highest BCUT2D eigenvalue weighted by Gasteiger charge is 2.30. The van der Waals surface area contributed by atoms with Crippen LogP contribution in [-0.2, 0) is 6.54 Å². The Morgan fingerprint density at radius 1 is 1.25 bits per heavy atom. The minimum absolute atomic E-state index is 0.344. The molecule has 32 heavy (non-hydrogen) atoms. The molecule has 0 amide bonds. The van der Waals surface area contributed by atoms with Crippen LogP contribution < -0.4 is 15.8 Å². The van der Waals surface area contributed by atoms with Crippen LogP contribution in [0.25, 0.3) is 22.3 Å². The molecule has 0 aliphatic heterocycles. The lowest BCUT2D eigenvalue weighted by molar-refractivity contribution is 0.355. The maximum Gasteiger partial charge on any atom is 0.139 e. The van der Waals surface area contributed by atoms with Crippen molar-refractivity contribution in [3.05, 3.63) is 54.6 Å². The fourth-order valence-corrected chi connectivity index (χ4v) is 4.61. The normalized spacial score (nSPS) is 17.8. The Hall–Kier alpha value is -3.39. The summed E-state index contributed by atoms with van der Waals surface area (Å²) in [5, 5.41) is 19.3. The van der Waals surface area contributed by atoms with Crippen molar-refractivity contribution in [1.29, 1.82) is 5.26 Å². The zero-order valence-electron chi connectivity index (χ0n) is 17.3. The van der Waals surface area contributed by atoms with Gasteiger partial charge in [0, 0.05) is 54.4 Å². The Labute approximate surface area is 189 Å². The molecule has 10 heteroatoms. The SMILES string of the molecule is N#Cc1ccnc(SNC2CC(Nc3c(-c4ccn(CCN)n4)cnc4[nH]ccc34)C2)c1. The molecule has 162 valence electrons. The van der Waals surface area contributed by atoms with Gasteiger partial charge in [0.2, 0.25) is 0 Å². The third-order valence-electron chi connectivity index (χ3n) is 5.54. The maximum absolute atomic E-state index is 9.03. The van der Waals surface area contributed by atoms with Crippen molar-refractivity contribution in [2.75, 3.05) is 11.9 Å². The molecule has 5 N–H and O–H groups in total. The molecule has 9 nitrogen and oxygen atoms in total. The monoisotopic (exact) mass is 445 g/mol. The molecule has 0 unspecified atom stereocenters. The molecule has 0 saturated heterocycles. The van der Waals surface area contributed by atoms with Gasteiger partial charge in [-0.3, -0.25) is 9.40 Å². The van der Waals surface area contributed by atoms with Crippen molar-refractivity contribution in [1.82, 2.24) is 29.5 Å². The highest BCUT2D eigenvalue weighted by atomic mass is 32.2. The minimum Gasteiger partial charge on any atom is -0.381 e. The summed E-state index contributed by atoms with van der Waals surface area (Å²) in [6.07, 6.45) is 9.36. The van der Waals surface area contributed by atoms with Crippen molar-refractivity contribution in [2.24, 2.45) is 5.73 Å². The number of H-pyrrole nitrogens is 1. The van der Waals surface area contributed by atoms with Crippen LogP contribution in [0.5, 0.6) is 0 Å². The summed E-state index contributed by atoms with van der Waals surface area (Å²) in [6.45, 7) is 1.23. The number of aromatic amines is 1. The highest BCUT2D eigenvalue weighted by Crippen LogP contribution is 2.36. The second-order valence-corrected chi connectivity index (χ2v) is 8.62. The summed E-state index contributed by atoms with van der Waals surface area (Å²) in [5.41, 5.74) is 10.0. The molecule has 0 radical (unpaired) electrons. The van der Waals surface area contributed by atoms with Crippen molar-refractivity contribution in [2.45, 2.75) is 36.5 Å². The van der Waals surface area contributed by atoms with E-state index in [9.17, 15) is 0 Å². The van der Waals surface area contributed by atoms with E-state index in [1.807, 2.05) is 35.4 Å². The number of nitrogens with one attached hydrogen (secondary N) is 3. The van der Waals surface area contributed by atoms with E-state index in [-0.39, 0.29) is 0 Å². The molecular formula is C22H23N9S. The van der Waals surface area contributed by atoms with Crippen molar-refractivity contribution >= 4 is 28.7 Å². The van der Waals surface area contributed by atoms with E-state index in [0.29, 0.717) is 30.7 Å². The molecule has 0 spiro atoms. The van der Waals surface area contributed by atoms with Gasteiger partial charge in [-0.05, 0) is 49.1 Å². The quantitative estimate of drug-likeness (QED) is 0.304. The number of aromatic nitrogens is 5. The highest BCUT2D eigenvalue weighted by molar-refractivity contribution is 7.97. The van der Waals surface area contributed by atoms with Crippen molar-refractivity contribution < 1.29 is 0 Å². The lowest BCUT2D eigenvalue weighted by Gasteiger charge is -2.37. The number of pyridine rings is 2. The van der Waals surface area contributed by atoms with Gasteiger partial charge in [0.15, 0.2) is 0 Å². The standard InChI is InChI=1S/C22H23N9S/c23-4-8-31-7-3-19(29-31)18-13-27-22-17(2-6-26-22)21(18)28-15-10-16(11-15)30-32-20-9-14(12-24)1-5-25-20/h1-3,5-7,9,13,15-16,30H,4,8,10-11,23H2,(H2,26,27,28). The Kier molecular flexibility index (Phi) is 5.77. The maximum atomic E-state index is 9.03. The predicted octanol–water partition coefficient (Wildman–Crippen LogP) is 2.89. The van der Waals surface area contributed by atoms with Crippen molar-refractivity contribution in [3.63, 3.8) is 0 Å². The number of nitriles is 1. The molecule has 5 rings (SSSR count). The molecule has 1 aliphatic carbocycles. The van der Waals surface area contributed by atoms with E-state index >= 15 is 0 Å². The molecule has 0 bridgehead atoms. The molecule has 4 aromatic heterocycles. The van der Waals surface area contributed by atoms with Gasteiger partial charge in [0.1, 0.15) is 10.7 Å². The van der Waals surface area contributed by atoms with Crippen LogP contribution in [0, 0.1) is 11.3 Å². The summed E-state index contributed by atoms with van der Waals surface area (Å²) >= 11 is 1.48. The number of fused-ring (bicyclic) bond motifs is 1. The second-order valence-electron chi connectivity index (χ2n) is 7.76. The van der Waals surface area contributed by atoms with Gasteiger partial charge in [-0.2, -0.15) is 10.4 Å². The van der Waals surface area contributed by atoms with Crippen LogP contribution in [0.1, 0.15) is 18.4 Å². The van der Waals surface area contributed by atoms with E-state index in [0.717, 1.165) is 45.8 Å². The Balaban J connectivity index is 1.27. The van der Waals surface area contributed by atoms with Gasteiger partial charge in [0.25, 0.3) is 0 Å². The number of nitrogens with two attached hydrogens (primary N) is 1. The first-order valence-electron chi connectivity index (χ1n) is 10.5. The Morgan fingerprint density at radius 3 is 3.00 bits per heavy atom. The molecule has 4 aromatic rings. The van der Waals surface area contributed by atoms with Gasteiger partial charge >= 0.3 is 0 Å². The van der Waals surface area contributed by atoms with Crippen LogP contribution in [0.4, 0.5) is 5.69 Å². The van der Waals surface area contributed by atoms with E-state index in [2.05, 4.69) is 36.2 Å². The van der Waals surface area contributed by atoms with Gasteiger partial charge in [-0.25, -0.2) is 9.97 Å². The predicted molar refractivity (Wildman–Crippen MR) is 125 cm³/mol. The topological polar surface area (TPSA) is 133 Å². The zero-order valence-corrected chi connectivity index (χ0v) is 18.1. The first kappa shape index (κ1) is 20.5. The van der Waals surface area contributed by atoms with Crippen LogP contribution >= 0.6 is 11.9 Å². The molecular weight excluding hydrogens is 422 g/mol. The summed E-state index contributed by atoms with van der Waals surface area (Å²) < 4.78 is 5.31. The van der Waals surface area contributed by atoms with Gasteiger partial charge < -0.3 is 16.0 Å². The van der Waals surface area contributed by atoms with Crippen LogP contribution in [0.2, 0.25) is 0 Å². The largest absolute Gasteiger partial charge is 0.381 e. The van der Waals surface area contributed by atoms with E-state index in [4.69, 9.17) is 11.0 Å². The second kappa shape index (κ2) is 9.00. The number of nitrogens with zero attached hydrogens (tertiary/aromatic N) is 5. The van der Waals surface area contributed by atoms with E-state index in [1.54, 1.807) is 18.3 Å². The van der Waals surface area contributed by atoms with E-state index < -0.39 is 0 Å². The van der Waals surface area contributed by atoms with Crippen LogP contribution in [0.3, 0.4) is 0 Å². The molecule has 0 atom stereocenters. The molecule has 1 aliphatic rings. The van der Waals surface area contributed by atoms with Gasteiger partial charge in [0.05, 0.1) is 29.6 Å². The third-order valence-corrected chi connectivity index (χ3v) is 6.43. The molecule has 1 fully saturated rings. The summed E-state index contributed by atoms with van der Waals surface area (Å²) in [4.78, 5) is 12.1. The first-order chi connectivity index (χ1) is 15.7. The average molecular weight is 446 g/mol. The fraction of sp³-hybridized carbons (Fsp3) is 0.273. The number of rotatable bonds is 8. The van der Waals surface area contributed by atoms with E-state index in [1.165, 1.54) is 11.9 Å². The van der Waals surface area contributed by atoms with Gasteiger partial charge in [-0.1, -0.05) is 0 Å². The smallest absolute Gasteiger partial charge is 0.139 e. The zero-order chi connectivity index (χ0) is 21.9. The fourth-order valence-electron chi connectivity index (χ4n) is 3.83. The van der Waals surface area contributed by atoms with Crippen LogP contribution in [0.15, 0.2) is 54.1 Å². The average Bonchev–Trinajstić information content (AvgIpc) is 3.45. The molecule has 0 aromatic carbocycles. The first-order valence-corrected chi connectivity index (χ1v) is 11.3. The number of anilines is 1. The molecule has 1 saturated carbocycles. The van der Waals surface area contributed by atoms with Crippen molar-refractivity contribution in [3.8, 4) is 17.3 Å². The van der Waals surface area contributed by atoms with Gasteiger partial charge in [-0.15, -0.1) is 0 Å². The lowest BCUT2D eigenvalue weighted by Crippen LogP contribution is -2.45. The number of hydrogen-bond donors (Lipinski definition) is 4. The molecule has 4 heterocycles. The summed E-state index contributed by atoms with van der Waals surface area (Å²) in [7, 11) is 0. The Morgan fingerprint density at radius 2 is 2.16 bits per heavy atom. The van der Waals surface area contributed by atoms with Crippen LogP contribution in [-0.4, -0.2) is 43.4 Å². The summed E-state index contributed by atoms with van der Waals surface area (Å²) in [5.74, 6) is 0. The lowest BCUT2D eigenvalue weighted by atomic mass is 9.87. The Bertz CT molecular complexity index is 1270. The number of hydrogen-bond acceptors (Lipinski definition) is 8. The minimum atomic E-state index is 0.344. The summed E-state index contributed by atoms with van der Waals surface area (Å²) in [6, 6.07) is 10.4.